The highest BCUT2D eigenvalue weighted by Gasteiger charge is 2.18. The molecule has 1 N–H and O–H groups in total. The first-order valence-electron chi connectivity index (χ1n) is 8.29. The van der Waals surface area contributed by atoms with Gasteiger partial charge in [0.2, 0.25) is 10.0 Å². The number of sulfonamides is 1. The van der Waals surface area contributed by atoms with Crippen LogP contribution in [-0.2, 0) is 10.0 Å². The summed E-state index contributed by atoms with van der Waals surface area (Å²) < 4.78 is 25.6. The van der Waals surface area contributed by atoms with Gasteiger partial charge in [0.05, 0.1) is 18.5 Å². The number of benzene rings is 2. The summed E-state index contributed by atoms with van der Waals surface area (Å²) in [5.41, 5.74) is 3.02. The Morgan fingerprint density at radius 2 is 1.58 bits per heavy atom. The Hall–Kier alpha value is -2.54. The van der Waals surface area contributed by atoms with Crippen molar-refractivity contribution in [3.8, 4) is 0 Å². The van der Waals surface area contributed by atoms with E-state index in [1.807, 2.05) is 50.2 Å². The van der Waals surface area contributed by atoms with Crippen LogP contribution in [0.15, 0.2) is 48.5 Å². The molecule has 0 atom stereocenters. The average Bonchev–Trinajstić information content (AvgIpc) is 2.58. The lowest BCUT2D eigenvalue weighted by Crippen LogP contribution is -2.38. The van der Waals surface area contributed by atoms with E-state index in [0.717, 1.165) is 17.5 Å². The Bertz CT molecular complexity index is 862. The van der Waals surface area contributed by atoms with Crippen molar-refractivity contribution in [3.05, 3.63) is 59.7 Å². The van der Waals surface area contributed by atoms with Gasteiger partial charge in [0.15, 0.2) is 0 Å². The molecule has 140 valence electrons. The molecule has 0 saturated heterocycles. The first-order chi connectivity index (χ1) is 12.2. The summed E-state index contributed by atoms with van der Waals surface area (Å²) in [7, 11) is 0.389. The molecule has 0 saturated carbocycles. The van der Waals surface area contributed by atoms with Gasteiger partial charge in [-0.3, -0.25) is 9.10 Å². The normalized spacial score (nSPS) is 11.1. The van der Waals surface area contributed by atoms with E-state index in [1.54, 1.807) is 24.3 Å². The molecule has 7 heteroatoms. The fraction of sp³-hybridized carbons (Fsp3) is 0.316. The molecule has 0 bridgehead atoms. The second kappa shape index (κ2) is 8.23. The minimum absolute atomic E-state index is 0.164. The van der Waals surface area contributed by atoms with Gasteiger partial charge < -0.3 is 10.2 Å². The Kier molecular flexibility index (Phi) is 6.26. The fourth-order valence-electron chi connectivity index (χ4n) is 2.60. The molecule has 0 aliphatic heterocycles. The summed E-state index contributed by atoms with van der Waals surface area (Å²) in [4.78, 5) is 14.2. The molecule has 0 heterocycles. The fourth-order valence-corrected chi connectivity index (χ4v) is 3.52. The lowest BCUT2D eigenvalue weighted by Gasteiger charge is -2.23. The van der Waals surface area contributed by atoms with Crippen molar-refractivity contribution in [3.63, 3.8) is 0 Å². The smallest absolute Gasteiger partial charge is 0.251 e. The second-order valence-electron chi connectivity index (χ2n) is 6.32. The zero-order valence-electron chi connectivity index (χ0n) is 15.6. The van der Waals surface area contributed by atoms with E-state index in [4.69, 9.17) is 0 Å². The van der Waals surface area contributed by atoms with Crippen LogP contribution < -0.4 is 14.5 Å². The largest absolute Gasteiger partial charge is 0.378 e. The summed E-state index contributed by atoms with van der Waals surface area (Å²) in [6.07, 6.45) is 1.16. The molecule has 2 rings (SSSR count). The molecule has 0 fully saturated rings. The molecule has 26 heavy (non-hydrogen) atoms. The van der Waals surface area contributed by atoms with E-state index < -0.39 is 10.0 Å². The van der Waals surface area contributed by atoms with Crippen molar-refractivity contribution in [2.24, 2.45) is 0 Å². The predicted octanol–water partition coefficient (Wildman–Crippen LogP) is 2.26. The van der Waals surface area contributed by atoms with E-state index >= 15 is 0 Å². The third-order valence-electron chi connectivity index (χ3n) is 4.04. The van der Waals surface area contributed by atoms with Gasteiger partial charge in [-0.05, 0) is 42.8 Å². The minimum Gasteiger partial charge on any atom is -0.378 e. The van der Waals surface area contributed by atoms with Crippen molar-refractivity contribution in [2.45, 2.75) is 6.92 Å². The van der Waals surface area contributed by atoms with Crippen LogP contribution >= 0.6 is 0 Å². The summed E-state index contributed by atoms with van der Waals surface area (Å²) in [6.45, 7) is 2.25. The first kappa shape index (κ1) is 19.8. The van der Waals surface area contributed by atoms with Crippen LogP contribution in [0.2, 0.25) is 0 Å². The molecule has 0 aliphatic carbocycles. The molecule has 0 spiro atoms. The summed E-state index contributed by atoms with van der Waals surface area (Å²) >= 11 is 0. The van der Waals surface area contributed by atoms with E-state index in [0.29, 0.717) is 11.3 Å². The van der Waals surface area contributed by atoms with Gasteiger partial charge in [-0.2, -0.15) is 0 Å². The molecule has 2 aromatic rings. The number of rotatable bonds is 7. The molecule has 0 aliphatic rings. The van der Waals surface area contributed by atoms with Crippen molar-refractivity contribution in [1.82, 2.24) is 5.32 Å². The van der Waals surface area contributed by atoms with Crippen LogP contribution in [0.25, 0.3) is 0 Å². The number of aryl methyl sites for hydroxylation is 1. The van der Waals surface area contributed by atoms with Crippen LogP contribution in [0.1, 0.15) is 15.9 Å². The lowest BCUT2D eigenvalue weighted by atomic mass is 10.1. The van der Waals surface area contributed by atoms with Crippen molar-refractivity contribution < 1.29 is 13.2 Å². The number of nitrogens with one attached hydrogen (secondary N) is 1. The number of anilines is 2. The highest BCUT2D eigenvalue weighted by Crippen LogP contribution is 2.21. The topological polar surface area (TPSA) is 69.7 Å². The van der Waals surface area contributed by atoms with Gasteiger partial charge in [0, 0.05) is 31.9 Å². The van der Waals surface area contributed by atoms with E-state index in [-0.39, 0.29) is 19.0 Å². The van der Waals surface area contributed by atoms with Gasteiger partial charge in [-0.1, -0.05) is 18.2 Å². The van der Waals surface area contributed by atoms with Gasteiger partial charge in [0.1, 0.15) is 0 Å². The molecule has 6 nitrogen and oxygen atoms in total. The number of hydrogen-bond donors (Lipinski definition) is 1. The molecular formula is C19H25N3O3S. The molecule has 0 aromatic heterocycles. The molecule has 0 unspecified atom stereocenters. The van der Waals surface area contributed by atoms with Crippen molar-refractivity contribution >= 4 is 27.3 Å². The van der Waals surface area contributed by atoms with Crippen molar-refractivity contribution in [1.29, 1.82) is 0 Å². The highest BCUT2D eigenvalue weighted by molar-refractivity contribution is 7.92. The third kappa shape index (κ3) is 4.98. The Morgan fingerprint density at radius 1 is 1.00 bits per heavy atom. The Morgan fingerprint density at radius 3 is 2.12 bits per heavy atom. The maximum atomic E-state index is 12.3. The van der Waals surface area contributed by atoms with Crippen LogP contribution in [0.5, 0.6) is 0 Å². The molecule has 1 amide bonds. The minimum atomic E-state index is -3.45. The van der Waals surface area contributed by atoms with Gasteiger partial charge in [-0.25, -0.2) is 8.42 Å². The quantitative estimate of drug-likeness (QED) is 0.806. The molecule has 0 radical (unpaired) electrons. The summed E-state index contributed by atoms with van der Waals surface area (Å²) in [5.74, 6) is -0.209. The van der Waals surface area contributed by atoms with E-state index in [2.05, 4.69) is 5.32 Å². The van der Waals surface area contributed by atoms with Crippen LogP contribution in [0.3, 0.4) is 0 Å². The Balaban J connectivity index is 2.07. The summed E-state index contributed by atoms with van der Waals surface area (Å²) in [6, 6.07) is 14.5. The van der Waals surface area contributed by atoms with Crippen LogP contribution in [-0.4, -0.2) is 47.8 Å². The van der Waals surface area contributed by atoms with Crippen molar-refractivity contribution in [2.75, 3.05) is 42.6 Å². The number of amides is 1. The second-order valence-corrected chi connectivity index (χ2v) is 8.22. The van der Waals surface area contributed by atoms with Gasteiger partial charge in [-0.15, -0.1) is 0 Å². The maximum absolute atomic E-state index is 12.3. The number of nitrogens with zero attached hydrogens (tertiary/aromatic N) is 2. The van der Waals surface area contributed by atoms with Crippen LogP contribution in [0.4, 0.5) is 11.4 Å². The monoisotopic (exact) mass is 375 g/mol. The zero-order chi connectivity index (χ0) is 19.3. The summed E-state index contributed by atoms with van der Waals surface area (Å²) in [5, 5.41) is 2.79. The lowest BCUT2D eigenvalue weighted by molar-refractivity contribution is 0.0954. The van der Waals surface area contributed by atoms with E-state index in [9.17, 15) is 13.2 Å². The van der Waals surface area contributed by atoms with Gasteiger partial charge in [0.25, 0.3) is 5.91 Å². The number of carbonyl (C=O) groups excluding carboxylic acids is 1. The SMILES string of the molecule is Cc1ccccc1C(=O)NCCN(c1ccc(N(C)C)cc1)S(C)(=O)=O. The van der Waals surface area contributed by atoms with E-state index in [1.165, 1.54) is 4.31 Å². The zero-order valence-corrected chi connectivity index (χ0v) is 16.4. The van der Waals surface area contributed by atoms with Crippen LogP contribution in [0, 0.1) is 6.92 Å². The molecule has 2 aromatic carbocycles. The van der Waals surface area contributed by atoms with Gasteiger partial charge >= 0.3 is 0 Å². The average molecular weight is 375 g/mol. The first-order valence-corrected chi connectivity index (χ1v) is 10.1. The Labute approximate surface area is 155 Å². The third-order valence-corrected chi connectivity index (χ3v) is 5.24. The maximum Gasteiger partial charge on any atom is 0.251 e. The standard InChI is InChI=1S/C19H25N3O3S/c1-15-7-5-6-8-18(15)19(23)20-13-14-22(26(4,24)25)17-11-9-16(10-12-17)21(2)3/h5-12H,13-14H2,1-4H3,(H,20,23). The predicted molar refractivity (Wildman–Crippen MR) is 106 cm³/mol. The number of hydrogen-bond acceptors (Lipinski definition) is 4. The molecular weight excluding hydrogens is 350 g/mol. The highest BCUT2D eigenvalue weighted by atomic mass is 32.2. The number of carbonyl (C=O) groups is 1.